The smallest absolute Gasteiger partial charge is 0.218 e. The zero-order chi connectivity index (χ0) is 11.3. The average Bonchev–Trinajstić information content (AvgIpc) is 2.27. The Kier molecular flexibility index (Phi) is 5.11. The van der Waals surface area contributed by atoms with Crippen molar-refractivity contribution >= 4 is 23.4 Å². The van der Waals surface area contributed by atoms with Gasteiger partial charge < -0.3 is 0 Å². The average molecular weight is 243 g/mol. The largest absolute Gasteiger partial charge is 0.235 e. The Labute approximate surface area is 97.8 Å². The lowest BCUT2D eigenvalue weighted by molar-refractivity contribution is 0.272. The van der Waals surface area contributed by atoms with Crippen LogP contribution in [-0.2, 0) is 4.52 Å². The summed E-state index contributed by atoms with van der Waals surface area (Å²) < 4.78 is 6.20. The summed E-state index contributed by atoms with van der Waals surface area (Å²) in [7, 11) is 0. The summed E-state index contributed by atoms with van der Waals surface area (Å²) in [5.41, 5.74) is 0. The fourth-order valence-electron chi connectivity index (χ4n) is 1.59. The van der Waals surface area contributed by atoms with Crippen LogP contribution in [0.1, 0.15) is 20.8 Å². The van der Waals surface area contributed by atoms with Crippen molar-refractivity contribution in [2.75, 3.05) is 12.4 Å². The minimum Gasteiger partial charge on any atom is -0.218 e. The summed E-state index contributed by atoms with van der Waals surface area (Å²) in [5.74, 6) is 0. The van der Waals surface area contributed by atoms with Gasteiger partial charge in [0, 0.05) is 6.26 Å². The molecule has 0 aliphatic carbocycles. The molecule has 3 heteroatoms. The third-order valence-electron chi connectivity index (χ3n) is 2.24. The minimum absolute atomic E-state index is 0.297. The van der Waals surface area contributed by atoms with Crippen LogP contribution in [0.4, 0.5) is 0 Å². The third-order valence-corrected chi connectivity index (χ3v) is 8.95. The van der Waals surface area contributed by atoms with Gasteiger partial charge in [-0.3, -0.25) is 0 Å². The Balaban J connectivity index is 3.00. The molecule has 1 rings (SSSR count). The molecule has 0 aromatic heterocycles. The summed E-state index contributed by atoms with van der Waals surface area (Å²) >= 11 is 1.89. The summed E-state index contributed by atoms with van der Waals surface area (Å²) in [5, 5.41) is 1.37. The molecule has 0 saturated heterocycles. The maximum atomic E-state index is 6.20. The summed E-state index contributed by atoms with van der Waals surface area (Å²) in [6.07, 6.45) is 3.55. The van der Waals surface area contributed by atoms with Gasteiger partial charge in [-0.2, -0.15) is 0 Å². The fraction of sp³-hybridized carbons (Fsp3) is 0.500. The molecule has 0 N–H and O–H groups in total. The molecule has 0 fully saturated rings. The van der Waals surface area contributed by atoms with Crippen LogP contribution in [0.5, 0.6) is 0 Å². The monoisotopic (exact) mass is 243 g/mol. The highest BCUT2D eigenvalue weighted by atomic mass is 32.7. The molecule has 1 atom stereocenters. The Morgan fingerprint density at radius 2 is 1.87 bits per heavy atom. The van der Waals surface area contributed by atoms with E-state index in [-0.39, 0.29) is 0 Å². The van der Waals surface area contributed by atoms with Crippen LogP contribution in [0.3, 0.4) is 0 Å². The van der Waals surface area contributed by atoms with Crippen LogP contribution in [0.2, 0.25) is 0 Å². The quantitative estimate of drug-likeness (QED) is 0.724. The number of benzene rings is 1. The first-order chi connectivity index (χ1) is 7.14. The highest BCUT2D eigenvalue weighted by Crippen LogP contribution is 2.68. The van der Waals surface area contributed by atoms with Gasteiger partial charge in [0.25, 0.3) is 0 Å². The predicted octanol–water partition coefficient (Wildman–Crippen LogP) is 3.97. The van der Waals surface area contributed by atoms with Gasteiger partial charge in [-0.1, -0.05) is 18.2 Å². The molecule has 84 valence electrons. The van der Waals surface area contributed by atoms with Crippen molar-refractivity contribution in [3.63, 3.8) is 0 Å². The molecule has 0 radical (unpaired) electrons. The molecule has 0 saturated carbocycles. The molecule has 15 heavy (non-hydrogen) atoms. The highest BCUT2D eigenvalue weighted by Gasteiger charge is 2.41. The fourth-order valence-corrected chi connectivity index (χ4v) is 6.64. The van der Waals surface area contributed by atoms with E-state index in [1.165, 1.54) is 5.30 Å². The van der Waals surface area contributed by atoms with Crippen molar-refractivity contribution < 1.29 is 4.52 Å². The van der Waals surface area contributed by atoms with Crippen LogP contribution >= 0.6 is 18.1 Å². The normalized spacial score (nSPS) is 15.3. The Hall–Kier alpha value is -0.0400. The van der Waals surface area contributed by atoms with E-state index >= 15 is 0 Å². The number of hydrogen-bond donors (Lipinski definition) is 0. The number of hydrogen-bond acceptors (Lipinski definition) is 2. The van der Waals surface area contributed by atoms with Gasteiger partial charge in [0.2, 0.25) is 6.69 Å². The second-order valence-corrected chi connectivity index (χ2v) is 9.60. The molecule has 0 heterocycles. The van der Waals surface area contributed by atoms with Crippen LogP contribution in [0.25, 0.3) is 0 Å². The molecular formula is C12H20OPS+. The standard InChI is InChI=1S/C12H20OPS/c1-5-14(15-4,13-11(2)3)12-9-7-6-8-10-12/h6-11H,5H2,1-4H3/q+1. The number of rotatable bonds is 5. The van der Waals surface area contributed by atoms with Crippen molar-refractivity contribution in [1.29, 1.82) is 0 Å². The van der Waals surface area contributed by atoms with Gasteiger partial charge in [0.05, 0.1) is 23.6 Å². The van der Waals surface area contributed by atoms with E-state index in [1.54, 1.807) is 0 Å². The lowest BCUT2D eigenvalue weighted by atomic mass is 10.4. The van der Waals surface area contributed by atoms with Gasteiger partial charge in [-0.15, -0.1) is 0 Å². The van der Waals surface area contributed by atoms with E-state index in [4.69, 9.17) is 4.52 Å². The molecule has 0 aliphatic rings. The molecule has 0 amide bonds. The molecule has 1 aromatic carbocycles. The molecule has 1 nitrogen and oxygen atoms in total. The first-order valence-electron chi connectivity index (χ1n) is 5.32. The van der Waals surface area contributed by atoms with E-state index in [9.17, 15) is 0 Å². The maximum Gasteiger partial charge on any atom is 0.235 e. The van der Waals surface area contributed by atoms with Crippen molar-refractivity contribution in [3.05, 3.63) is 30.3 Å². The zero-order valence-electron chi connectivity index (χ0n) is 9.93. The second kappa shape index (κ2) is 5.89. The lowest BCUT2D eigenvalue weighted by Gasteiger charge is -2.23. The highest BCUT2D eigenvalue weighted by molar-refractivity contribution is 8.62. The Morgan fingerprint density at radius 3 is 2.27 bits per heavy atom. The summed E-state index contributed by atoms with van der Waals surface area (Å²) in [6.45, 7) is 5.00. The molecule has 0 bridgehead atoms. The lowest BCUT2D eigenvalue weighted by Crippen LogP contribution is -2.16. The molecule has 0 aliphatic heterocycles. The van der Waals surface area contributed by atoms with E-state index < -0.39 is 6.69 Å². The van der Waals surface area contributed by atoms with Crippen LogP contribution in [-0.4, -0.2) is 18.5 Å². The van der Waals surface area contributed by atoms with E-state index in [1.807, 2.05) is 11.4 Å². The zero-order valence-corrected chi connectivity index (χ0v) is 11.6. The topological polar surface area (TPSA) is 9.23 Å². The third kappa shape index (κ3) is 3.21. The van der Waals surface area contributed by atoms with Gasteiger partial charge in [-0.05, 0) is 32.9 Å². The molecule has 1 unspecified atom stereocenters. The molecule has 1 aromatic rings. The Bertz CT molecular complexity index is 283. The van der Waals surface area contributed by atoms with E-state index in [0.29, 0.717) is 6.10 Å². The van der Waals surface area contributed by atoms with Gasteiger partial charge in [0.15, 0.2) is 0 Å². The predicted molar refractivity (Wildman–Crippen MR) is 73.3 cm³/mol. The van der Waals surface area contributed by atoms with Crippen molar-refractivity contribution in [2.45, 2.75) is 26.9 Å². The van der Waals surface area contributed by atoms with Gasteiger partial charge in [-0.25, -0.2) is 4.52 Å². The SMILES string of the molecule is CC[P+](OC(C)C)(SC)c1ccccc1. The van der Waals surface area contributed by atoms with Crippen LogP contribution < -0.4 is 5.30 Å². The van der Waals surface area contributed by atoms with Crippen molar-refractivity contribution in [2.24, 2.45) is 0 Å². The minimum atomic E-state index is -1.45. The van der Waals surface area contributed by atoms with Crippen LogP contribution in [0.15, 0.2) is 30.3 Å². The van der Waals surface area contributed by atoms with E-state index in [0.717, 1.165) is 6.16 Å². The van der Waals surface area contributed by atoms with Crippen molar-refractivity contribution in [1.82, 2.24) is 0 Å². The van der Waals surface area contributed by atoms with Crippen LogP contribution in [0, 0.1) is 0 Å². The summed E-state index contributed by atoms with van der Waals surface area (Å²) in [4.78, 5) is 0. The Morgan fingerprint density at radius 1 is 1.27 bits per heavy atom. The second-order valence-electron chi connectivity index (χ2n) is 3.66. The first-order valence-corrected chi connectivity index (χ1v) is 9.04. The summed E-state index contributed by atoms with van der Waals surface area (Å²) in [6, 6.07) is 10.6. The van der Waals surface area contributed by atoms with Crippen molar-refractivity contribution in [3.8, 4) is 0 Å². The molecular weight excluding hydrogens is 223 g/mol. The first kappa shape index (κ1) is 13.0. The van der Waals surface area contributed by atoms with Gasteiger partial charge >= 0.3 is 0 Å². The maximum absolute atomic E-state index is 6.20. The molecule has 0 spiro atoms. The van der Waals surface area contributed by atoms with Gasteiger partial charge in [0.1, 0.15) is 5.30 Å². The van der Waals surface area contributed by atoms with E-state index in [2.05, 4.69) is 57.4 Å².